The van der Waals surface area contributed by atoms with E-state index in [9.17, 15) is 8.42 Å². The zero-order valence-electron chi connectivity index (χ0n) is 13.5. The molecule has 1 aromatic heterocycles. The van der Waals surface area contributed by atoms with E-state index in [1.807, 2.05) is 46.2 Å². The summed E-state index contributed by atoms with van der Waals surface area (Å²) in [5, 5.41) is 8.02. The maximum absolute atomic E-state index is 11.9. The molecule has 116 valence electrons. The molecule has 0 aliphatic carbocycles. The van der Waals surface area contributed by atoms with Crippen molar-refractivity contribution in [2.45, 2.75) is 59.0 Å². The second-order valence-electron chi connectivity index (χ2n) is 7.06. The minimum atomic E-state index is -3.24. The van der Waals surface area contributed by atoms with Crippen LogP contribution in [0.4, 0.5) is 0 Å². The van der Waals surface area contributed by atoms with E-state index in [0.29, 0.717) is 13.0 Å². The average molecular weight is 302 g/mol. The monoisotopic (exact) mass is 302 g/mol. The maximum Gasteiger partial charge on any atom is 0.211 e. The fourth-order valence-electron chi connectivity index (χ4n) is 2.21. The molecule has 6 nitrogen and oxygen atoms in total. The van der Waals surface area contributed by atoms with Gasteiger partial charge in [0.05, 0.1) is 23.7 Å². The van der Waals surface area contributed by atoms with Gasteiger partial charge in [-0.25, -0.2) is 13.1 Å². The summed E-state index contributed by atoms with van der Waals surface area (Å²) in [5.41, 5.74) is 0.340. The lowest BCUT2D eigenvalue weighted by molar-refractivity contribution is 0.249. The average Bonchev–Trinajstić information content (AvgIpc) is 2.60. The van der Waals surface area contributed by atoms with Gasteiger partial charge in [-0.1, -0.05) is 5.21 Å². The highest BCUT2D eigenvalue weighted by Gasteiger charge is 2.29. The molecular formula is C13H26N4O2S. The van der Waals surface area contributed by atoms with Crippen LogP contribution in [-0.2, 0) is 22.0 Å². The molecule has 1 heterocycles. The molecule has 20 heavy (non-hydrogen) atoms. The van der Waals surface area contributed by atoms with Gasteiger partial charge in [0.25, 0.3) is 0 Å². The van der Waals surface area contributed by atoms with Crippen molar-refractivity contribution >= 4 is 10.0 Å². The number of hydrogen-bond acceptors (Lipinski definition) is 4. The van der Waals surface area contributed by atoms with Gasteiger partial charge in [0.2, 0.25) is 10.0 Å². The second-order valence-corrected chi connectivity index (χ2v) is 8.97. The van der Waals surface area contributed by atoms with Crippen molar-refractivity contribution in [3.05, 3.63) is 11.9 Å². The minimum absolute atomic E-state index is 0.163. The molecular weight excluding hydrogens is 276 g/mol. The van der Waals surface area contributed by atoms with E-state index in [1.165, 1.54) is 10.6 Å². The van der Waals surface area contributed by atoms with Crippen LogP contribution in [0.25, 0.3) is 0 Å². The number of aromatic nitrogens is 3. The van der Waals surface area contributed by atoms with Gasteiger partial charge in [-0.05, 0) is 41.5 Å². The largest absolute Gasteiger partial charge is 0.244 e. The fraction of sp³-hybridized carbons (Fsp3) is 0.846. The smallest absolute Gasteiger partial charge is 0.211 e. The summed E-state index contributed by atoms with van der Waals surface area (Å²) < 4.78 is 27.2. The Morgan fingerprint density at radius 1 is 1.20 bits per heavy atom. The van der Waals surface area contributed by atoms with Crippen LogP contribution in [0.3, 0.4) is 0 Å². The summed E-state index contributed by atoms with van der Waals surface area (Å²) >= 11 is 0. The number of nitrogens with zero attached hydrogens (tertiary/aromatic N) is 4. The SMILES string of the molecule is CC(C)(C)N(CCc1cnnn1C(C)(C)C)S(C)(=O)=O. The zero-order chi connectivity index (χ0) is 15.8. The van der Waals surface area contributed by atoms with Crippen molar-refractivity contribution in [1.82, 2.24) is 19.3 Å². The predicted molar refractivity (Wildman–Crippen MR) is 80.0 cm³/mol. The molecule has 0 unspecified atom stereocenters. The first-order chi connectivity index (χ1) is 8.83. The molecule has 1 aromatic rings. The van der Waals surface area contributed by atoms with Gasteiger partial charge < -0.3 is 0 Å². The topological polar surface area (TPSA) is 68.1 Å². The zero-order valence-corrected chi connectivity index (χ0v) is 14.3. The van der Waals surface area contributed by atoms with Crippen LogP contribution >= 0.6 is 0 Å². The lowest BCUT2D eigenvalue weighted by Crippen LogP contribution is -2.46. The first kappa shape index (κ1) is 17.1. The molecule has 0 radical (unpaired) electrons. The van der Waals surface area contributed by atoms with E-state index in [2.05, 4.69) is 10.3 Å². The van der Waals surface area contributed by atoms with E-state index in [-0.39, 0.29) is 5.54 Å². The molecule has 0 amide bonds. The van der Waals surface area contributed by atoms with Gasteiger partial charge in [0, 0.05) is 18.5 Å². The summed E-state index contributed by atoms with van der Waals surface area (Å²) in [7, 11) is -3.24. The molecule has 0 atom stereocenters. The Balaban J connectivity index is 2.93. The molecule has 0 N–H and O–H groups in total. The summed E-state index contributed by atoms with van der Waals surface area (Å²) in [6, 6.07) is 0. The van der Waals surface area contributed by atoms with Crippen molar-refractivity contribution < 1.29 is 8.42 Å². The Morgan fingerprint density at radius 2 is 1.75 bits per heavy atom. The Bertz CT molecular complexity index is 550. The van der Waals surface area contributed by atoms with E-state index in [4.69, 9.17) is 0 Å². The van der Waals surface area contributed by atoms with Crippen molar-refractivity contribution in [3.8, 4) is 0 Å². The van der Waals surface area contributed by atoms with Crippen LogP contribution in [0.5, 0.6) is 0 Å². The predicted octanol–water partition coefficient (Wildman–Crippen LogP) is 1.64. The van der Waals surface area contributed by atoms with Crippen LogP contribution in [-0.4, -0.2) is 46.1 Å². The summed E-state index contributed by atoms with van der Waals surface area (Å²) in [5.74, 6) is 0. The number of rotatable bonds is 4. The van der Waals surface area contributed by atoms with Crippen LogP contribution in [0.15, 0.2) is 6.20 Å². The molecule has 0 spiro atoms. The molecule has 0 fully saturated rings. The first-order valence-corrected chi connectivity index (χ1v) is 8.56. The van der Waals surface area contributed by atoms with Crippen molar-refractivity contribution in [3.63, 3.8) is 0 Å². The van der Waals surface area contributed by atoms with Crippen LogP contribution in [0.1, 0.15) is 47.2 Å². The highest BCUT2D eigenvalue weighted by atomic mass is 32.2. The third-order valence-corrected chi connectivity index (χ3v) is 4.51. The molecule has 0 aliphatic heterocycles. The first-order valence-electron chi connectivity index (χ1n) is 6.71. The van der Waals surface area contributed by atoms with Gasteiger partial charge in [-0.3, -0.25) is 0 Å². The number of hydrogen-bond donors (Lipinski definition) is 0. The van der Waals surface area contributed by atoms with Gasteiger partial charge in [0.1, 0.15) is 0 Å². The van der Waals surface area contributed by atoms with E-state index in [1.54, 1.807) is 6.20 Å². The van der Waals surface area contributed by atoms with Crippen LogP contribution in [0, 0.1) is 0 Å². The van der Waals surface area contributed by atoms with Crippen LogP contribution in [0.2, 0.25) is 0 Å². The van der Waals surface area contributed by atoms with Gasteiger partial charge in [-0.15, -0.1) is 5.10 Å². The standard InChI is InChI=1S/C13H26N4O2S/c1-12(2,3)16(20(7,18)19)9-8-11-10-14-15-17(11)13(4,5)6/h10H,8-9H2,1-7H3. The Morgan fingerprint density at radius 3 is 2.15 bits per heavy atom. The Hall–Kier alpha value is -0.950. The molecule has 0 saturated carbocycles. The summed E-state index contributed by atoms with van der Waals surface area (Å²) in [6.07, 6.45) is 3.54. The quantitative estimate of drug-likeness (QED) is 0.848. The van der Waals surface area contributed by atoms with Gasteiger partial charge >= 0.3 is 0 Å². The molecule has 0 bridgehead atoms. The van der Waals surface area contributed by atoms with Crippen molar-refractivity contribution in [2.24, 2.45) is 0 Å². The second kappa shape index (κ2) is 5.44. The third kappa shape index (κ3) is 4.28. The molecule has 0 aromatic carbocycles. The van der Waals surface area contributed by atoms with Crippen LogP contribution < -0.4 is 0 Å². The molecule has 1 rings (SSSR count). The third-order valence-electron chi connectivity index (χ3n) is 2.97. The molecule has 0 aliphatic rings. The minimum Gasteiger partial charge on any atom is -0.244 e. The molecule has 7 heteroatoms. The van der Waals surface area contributed by atoms with E-state index in [0.717, 1.165) is 5.69 Å². The van der Waals surface area contributed by atoms with Gasteiger partial charge in [0.15, 0.2) is 0 Å². The van der Waals surface area contributed by atoms with Crippen molar-refractivity contribution in [1.29, 1.82) is 0 Å². The number of sulfonamides is 1. The lowest BCUT2D eigenvalue weighted by Gasteiger charge is -2.33. The summed E-state index contributed by atoms with van der Waals surface area (Å²) in [4.78, 5) is 0. The van der Waals surface area contributed by atoms with E-state index < -0.39 is 15.6 Å². The summed E-state index contributed by atoms with van der Waals surface area (Å²) in [6.45, 7) is 12.2. The Labute approximate surface area is 122 Å². The Kier molecular flexibility index (Phi) is 4.65. The van der Waals surface area contributed by atoms with Crippen molar-refractivity contribution in [2.75, 3.05) is 12.8 Å². The highest BCUT2D eigenvalue weighted by molar-refractivity contribution is 7.88. The maximum atomic E-state index is 11.9. The normalized spacial score (nSPS) is 14.0. The van der Waals surface area contributed by atoms with E-state index >= 15 is 0 Å². The lowest BCUT2D eigenvalue weighted by atomic mass is 10.1. The highest BCUT2D eigenvalue weighted by Crippen LogP contribution is 2.19. The van der Waals surface area contributed by atoms with Gasteiger partial charge in [-0.2, -0.15) is 4.31 Å². The molecule has 0 saturated heterocycles. The fourth-order valence-corrected chi connectivity index (χ4v) is 3.62.